The Kier molecular flexibility index (Phi) is 3.24. The Hall–Kier alpha value is -1.65. The molecule has 1 aromatic rings. The van der Waals surface area contributed by atoms with Gasteiger partial charge >= 0.3 is 5.82 Å². The minimum absolute atomic E-state index is 0.0299. The van der Waals surface area contributed by atoms with E-state index in [2.05, 4.69) is 31.1 Å². The lowest BCUT2D eigenvalue weighted by Gasteiger charge is -2.24. The Labute approximate surface area is 88.7 Å². The molecule has 1 heterocycles. The Morgan fingerprint density at radius 3 is 2.60 bits per heavy atom. The maximum atomic E-state index is 10.4. The molecule has 0 saturated heterocycles. The van der Waals surface area contributed by atoms with Crippen LogP contribution in [0.5, 0.6) is 0 Å². The molecule has 0 aliphatic rings. The van der Waals surface area contributed by atoms with Gasteiger partial charge in [0, 0.05) is 11.6 Å². The number of anilines is 1. The predicted molar refractivity (Wildman–Crippen MR) is 58.9 cm³/mol. The third-order valence-electron chi connectivity index (χ3n) is 2.30. The van der Waals surface area contributed by atoms with Crippen LogP contribution < -0.4 is 5.32 Å². The molecule has 0 aliphatic carbocycles. The van der Waals surface area contributed by atoms with Crippen LogP contribution in [0.25, 0.3) is 0 Å². The van der Waals surface area contributed by atoms with Gasteiger partial charge < -0.3 is 15.4 Å². The van der Waals surface area contributed by atoms with Crippen LogP contribution in [-0.2, 0) is 0 Å². The standard InChI is InChI=1S/C10H15N3O2/c1-4-10(2,3)12-8-5-6-9(11-7-8)13(14)15/h5-7,12H,4H2,1-3H3. The maximum absolute atomic E-state index is 10.4. The number of rotatable bonds is 4. The minimum atomic E-state index is -0.505. The monoisotopic (exact) mass is 209 g/mol. The molecule has 0 fully saturated rings. The molecule has 0 aromatic carbocycles. The molecule has 0 spiro atoms. The first-order valence-corrected chi connectivity index (χ1v) is 4.83. The van der Waals surface area contributed by atoms with Gasteiger partial charge in [-0.15, -0.1) is 0 Å². The first kappa shape index (κ1) is 11.4. The van der Waals surface area contributed by atoms with E-state index >= 15 is 0 Å². The van der Waals surface area contributed by atoms with Gasteiger partial charge in [0.1, 0.15) is 0 Å². The van der Waals surface area contributed by atoms with Crippen molar-refractivity contribution in [3.8, 4) is 0 Å². The third-order valence-corrected chi connectivity index (χ3v) is 2.30. The van der Waals surface area contributed by atoms with E-state index in [-0.39, 0.29) is 11.4 Å². The average Bonchev–Trinajstić information content (AvgIpc) is 2.18. The molecule has 0 amide bonds. The summed E-state index contributed by atoms with van der Waals surface area (Å²) in [7, 11) is 0. The molecule has 1 N–H and O–H groups in total. The maximum Gasteiger partial charge on any atom is 0.363 e. The van der Waals surface area contributed by atoms with Gasteiger partial charge in [0.25, 0.3) is 0 Å². The number of pyridine rings is 1. The summed E-state index contributed by atoms with van der Waals surface area (Å²) in [5.74, 6) is -0.130. The molecular weight excluding hydrogens is 194 g/mol. The molecule has 0 atom stereocenters. The summed E-state index contributed by atoms with van der Waals surface area (Å²) in [6.07, 6.45) is 2.44. The highest BCUT2D eigenvalue weighted by atomic mass is 16.6. The van der Waals surface area contributed by atoms with Crippen LogP contribution in [0.2, 0.25) is 0 Å². The summed E-state index contributed by atoms with van der Waals surface area (Å²) in [5, 5.41) is 13.6. The SMILES string of the molecule is CCC(C)(C)Nc1ccc([N+](=O)[O-])nc1. The second-order valence-corrected chi connectivity index (χ2v) is 4.02. The Morgan fingerprint density at radius 2 is 2.20 bits per heavy atom. The van der Waals surface area contributed by atoms with Gasteiger partial charge in [-0.25, -0.2) is 0 Å². The lowest BCUT2D eigenvalue weighted by atomic mass is 10.0. The topological polar surface area (TPSA) is 68.1 Å². The van der Waals surface area contributed by atoms with Crippen LogP contribution in [-0.4, -0.2) is 15.4 Å². The summed E-state index contributed by atoms with van der Waals surface area (Å²) < 4.78 is 0. The first-order valence-electron chi connectivity index (χ1n) is 4.83. The van der Waals surface area contributed by atoms with E-state index in [0.717, 1.165) is 12.1 Å². The molecule has 0 aliphatic heterocycles. The quantitative estimate of drug-likeness (QED) is 0.611. The van der Waals surface area contributed by atoms with Crippen molar-refractivity contribution in [2.24, 2.45) is 0 Å². The zero-order chi connectivity index (χ0) is 11.5. The molecule has 0 saturated carbocycles. The molecule has 1 rings (SSSR count). The van der Waals surface area contributed by atoms with Crippen LogP contribution in [0, 0.1) is 10.1 Å². The second-order valence-electron chi connectivity index (χ2n) is 4.02. The van der Waals surface area contributed by atoms with Gasteiger partial charge in [0.15, 0.2) is 6.20 Å². The van der Waals surface area contributed by atoms with Crippen molar-refractivity contribution < 1.29 is 4.92 Å². The van der Waals surface area contributed by atoms with Gasteiger partial charge in [-0.2, -0.15) is 0 Å². The van der Waals surface area contributed by atoms with E-state index in [1.807, 2.05) is 0 Å². The lowest BCUT2D eigenvalue weighted by Crippen LogP contribution is -2.29. The van der Waals surface area contributed by atoms with Crippen LogP contribution in [0.1, 0.15) is 27.2 Å². The third kappa shape index (κ3) is 3.19. The second kappa shape index (κ2) is 4.25. The van der Waals surface area contributed by atoms with Crippen LogP contribution in [0.15, 0.2) is 18.3 Å². The van der Waals surface area contributed by atoms with Gasteiger partial charge in [-0.05, 0) is 36.2 Å². The van der Waals surface area contributed by atoms with Gasteiger partial charge in [-0.3, -0.25) is 0 Å². The van der Waals surface area contributed by atoms with Crippen molar-refractivity contribution in [3.05, 3.63) is 28.4 Å². The minimum Gasteiger partial charge on any atom is -0.377 e. The Bertz CT molecular complexity index is 346. The molecule has 1 aromatic heterocycles. The van der Waals surface area contributed by atoms with Gasteiger partial charge in [0.2, 0.25) is 0 Å². The fourth-order valence-electron chi connectivity index (χ4n) is 1.05. The Morgan fingerprint density at radius 1 is 1.53 bits per heavy atom. The number of nitrogens with one attached hydrogen (secondary N) is 1. The lowest BCUT2D eigenvalue weighted by molar-refractivity contribution is -0.389. The summed E-state index contributed by atoms with van der Waals surface area (Å²) in [6.45, 7) is 6.20. The van der Waals surface area contributed by atoms with Crippen molar-refractivity contribution in [2.45, 2.75) is 32.7 Å². The normalized spacial score (nSPS) is 11.1. The van der Waals surface area contributed by atoms with Crippen molar-refractivity contribution >= 4 is 11.5 Å². The van der Waals surface area contributed by atoms with Crippen LogP contribution in [0.4, 0.5) is 11.5 Å². The van der Waals surface area contributed by atoms with E-state index in [1.165, 1.54) is 12.3 Å². The van der Waals surface area contributed by atoms with E-state index in [0.29, 0.717) is 0 Å². The largest absolute Gasteiger partial charge is 0.377 e. The van der Waals surface area contributed by atoms with Crippen molar-refractivity contribution in [1.29, 1.82) is 0 Å². The number of hydrogen-bond acceptors (Lipinski definition) is 4. The fourth-order valence-corrected chi connectivity index (χ4v) is 1.05. The zero-order valence-electron chi connectivity index (χ0n) is 9.15. The molecule has 5 nitrogen and oxygen atoms in total. The predicted octanol–water partition coefficient (Wildman–Crippen LogP) is 2.59. The Balaban J connectivity index is 2.77. The summed E-state index contributed by atoms with van der Waals surface area (Å²) in [4.78, 5) is 13.6. The molecule has 5 heteroatoms. The highest BCUT2D eigenvalue weighted by Gasteiger charge is 2.15. The van der Waals surface area contributed by atoms with Gasteiger partial charge in [0.05, 0.1) is 5.69 Å². The van der Waals surface area contributed by atoms with E-state index in [4.69, 9.17) is 0 Å². The average molecular weight is 209 g/mol. The van der Waals surface area contributed by atoms with E-state index in [9.17, 15) is 10.1 Å². The first-order chi connectivity index (χ1) is 6.94. The fraction of sp³-hybridized carbons (Fsp3) is 0.500. The number of aromatic nitrogens is 1. The van der Waals surface area contributed by atoms with Crippen molar-refractivity contribution in [1.82, 2.24) is 4.98 Å². The molecule has 15 heavy (non-hydrogen) atoms. The highest BCUT2D eigenvalue weighted by molar-refractivity contribution is 5.45. The van der Waals surface area contributed by atoms with E-state index < -0.39 is 4.92 Å². The van der Waals surface area contributed by atoms with Crippen LogP contribution in [0.3, 0.4) is 0 Å². The summed E-state index contributed by atoms with van der Waals surface area (Å²) in [5.41, 5.74) is 0.769. The molecule has 82 valence electrons. The van der Waals surface area contributed by atoms with E-state index in [1.54, 1.807) is 6.07 Å². The number of hydrogen-bond donors (Lipinski definition) is 1. The van der Waals surface area contributed by atoms with Crippen LogP contribution >= 0.6 is 0 Å². The molecule has 0 bridgehead atoms. The summed E-state index contributed by atoms with van der Waals surface area (Å²) >= 11 is 0. The van der Waals surface area contributed by atoms with Crippen molar-refractivity contribution in [2.75, 3.05) is 5.32 Å². The van der Waals surface area contributed by atoms with Gasteiger partial charge in [-0.1, -0.05) is 6.92 Å². The molecular formula is C10H15N3O2. The molecule has 0 radical (unpaired) electrons. The highest BCUT2D eigenvalue weighted by Crippen LogP contribution is 2.18. The zero-order valence-corrected chi connectivity index (χ0v) is 9.15. The number of nitro groups is 1. The summed E-state index contributed by atoms with van der Waals surface area (Å²) in [6, 6.07) is 3.07. The van der Waals surface area contributed by atoms with Crippen molar-refractivity contribution in [3.63, 3.8) is 0 Å². The molecule has 0 unspecified atom stereocenters. The number of nitrogens with zero attached hydrogens (tertiary/aromatic N) is 2. The smallest absolute Gasteiger partial charge is 0.363 e.